The summed E-state index contributed by atoms with van der Waals surface area (Å²) in [5.41, 5.74) is -0.705. The molecule has 0 aliphatic heterocycles. The molecule has 0 aliphatic rings. The number of nitro groups is 1. The maximum absolute atomic E-state index is 12.5. The van der Waals surface area contributed by atoms with Crippen LogP contribution in [0.25, 0.3) is 21.9 Å². The molecule has 1 aromatic heterocycles. The molecular formula is C15H8NNaO6. The molecule has 0 N–H and O–H groups in total. The van der Waals surface area contributed by atoms with Crippen molar-refractivity contribution in [1.29, 1.82) is 0 Å². The molecule has 0 radical (unpaired) electrons. The van der Waals surface area contributed by atoms with Gasteiger partial charge in [0.25, 0.3) is 0 Å². The summed E-state index contributed by atoms with van der Waals surface area (Å²) in [6.45, 7) is 0. The Morgan fingerprint density at radius 2 is 1.70 bits per heavy atom. The largest absolute Gasteiger partial charge is 1.00 e. The van der Waals surface area contributed by atoms with Gasteiger partial charge in [-0.05, 0) is 12.1 Å². The van der Waals surface area contributed by atoms with Crippen LogP contribution in [-0.4, -0.2) is 10.9 Å². The molecular weight excluding hydrogens is 313 g/mol. The van der Waals surface area contributed by atoms with Crippen LogP contribution in [0.4, 0.5) is 5.69 Å². The number of aliphatic carboxylic acids is 1. The molecule has 0 saturated heterocycles. The Bertz CT molecular complexity index is 994. The molecule has 23 heavy (non-hydrogen) atoms. The molecule has 8 heteroatoms. The Hall–Kier alpha value is -2.22. The number of fused-ring (bicyclic) bond motifs is 2. The van der Waals surface area contributed by atoms with Crippen LogP contribution in [0.2, 0.25) is 0 Å². The van der Waals surface area contributed by atoms with Gasteiger partial charge in [0.15, 0.2) is 0 Å². The van der Waals surface area contributed by atoms with Crippen LogP contribution in [0.1, 0.15) is 5.56 Å². The number of carboxylic acid groups (broad SMARTS) is 1. The number of nitro benzene ring substituents is 1. The van der Waals surface area contributed by atoms with E-state index in [9.17, 15) is 24.8 Å². The third-order valence-corrected chi connectivity index (χ3v) is 3.32. The van der Waals surface area contributed by atoms with Crippen molar-refractivity contribution in [2.24, 2.45) is 0 Å². The van der Waals surface area contributed by atoms with Crippen molar-refractivity contribution in [3.8, 4) is 0 Å². The molecule has 0 saturated carbocycles. The summed E-state index contributed by atoms with van der Waals surface area (Å²) in [5.74, 6) is -1.34. The smallest absolute Gasteiger partial charge is 0.550 e. The average molecular weight is 321 g/mol. The van der Waals surface area contributed by atoms with Gasteiger partial charge in [-0.1, -0.05) is 18.2 Å². The minimum atomic E-state index is -1.34. The molecule has 7 nitrogen and oxygen atoms in total. The van der Waals surface area contributed by atoms with Crippen molar-refractivity contribution in [2.75, 3.05) is 0 Å². The van der Waals surface area contributed by atoms with Crippen LogP contribution in [0.15, 0.2) is 45.6 Å². The van der Waals surface area contributed by atoms with E-state index in [1.54, 1.807) is 0 Å². The van der Waals surface area contributed by atoms with Crippen molar-refractivity contribution in [3.63, 3.8) is 0 Å². The molecule has 0 atom stereocenters. The predicted molar refractivity (Wildman–Crippen MR) is 75.4 cm³/mol. The van der Waals surface area contributed by atoms with Gasteiger partial charge in [-0.3, -0.25) is 14.9 Å². The van der Waals surface area contributed by atoms with E-state index >= 15 is 0 Å². The number of carbonyl (C=O) groups is 1. The molecule has 3 rings (SSSR count). The number of non-ortho nitro benzene ring substituents is 1. The summed E-state index contributed by atoms with van der Waals surface area (Å²) < 4.78 is 5.52. The van der Waals surface area contributed by atoms with Gasteiger partial charge in [-0.2, -0.15) is 0 Å². The third kappa shape index (κ3) is 2.98. The fourth-order valence-electron chi connectivity index (χ4n) is 2.38. The number of carbonyl (C=O) groups excluding carboxylic acids is 1. The molecule has 110 valence electrons. The predicted octanol–water partition coefficient (Wildman–Crippen LogP) is -1.85. The van der Waals surface area contributed by atoms with E-state index in [1.807, 2.05) is 0 Å². The minimum Gasteiger partial charge on any atom is -0.550 e. The van der Waals surface area contributed by atoms with Crippen molar-refractivity contribution in [3.05, 3.63) is 62.3 Å². The van der Waals surface area contributed by atoms with E-state index in [1.165, 1.54) is 36.4 Å². The van der Waals surface area contributed by atoms with E-state index in [0.717, 1.165) is 0 Å². The first-order chi connectivity index (χ1) is 10.5. The van der Waals surface area contributed by atoms with E-state index in [0.29, 0.717) is 0 Å². The Balaban J connectivity index is 0.00000192. The van der Waals surface area contributed by atoms with Gasteiger partial charge in [0, 0.05) is 24.0 Å². The van der Waals surface area contributed by atoms with Crippen LogP contribution in [0.5, 0.6) is 0 Å². The molecule has 0 spiro atoms. The van der Waals surface area contributed by atoms with Crippen LogP contribution < -0.4 is 40.1 Å². The molecule has 3 aromatic rings. The SMILES string of the molecule is O=C([O-])Cc1cccc2c(=O)c3cccc([N+](=O)[O-])c3oc12.[Na+]. The van der Waals surface area contributed by atoms with Gasteiger partial charge in [0.2, 0.25) is 11.0 Å². The van der Waals surface area contributed by atoms with E-state index in [-0.39, 0.29) is 62.7 Å². The summed E-state index contributed by atoms with van der Waals surface area (Å²) >= 11 is 0. The molecule has 0 amide bonds. The van der Waals surface area contributed by atoms with E-state index < -0.39 is 22.7 Å². The summed E-state index contributed by atoms with van der Waals surface area (Å²) in [7, 11) is 0. The van der Waals surface area contributed by atoms with Gasteiger partial charge in [0.1, 0.15) is 5.58 Å². The van der Waals surface area contributed by atoms with E-state index in [2.05, 4.69) is 0 Å². The third-order valence-electron chi connectivity index (χ3n) is 3.32. The number of rotatable bonds is 3. The summed E-state index contributed by atoms with van der Waals surface area (Å²) in [6, 6.07) is 8.53. The monoisotopic (exact) mass is 321 g/mol. The van der Waals surface area contributed by atoms with Crippen LogP contribution in [0.3, 0.4) is 0 Å². The number of para-hydroxylation sites is 2. The first-order valence-electron chi connectivity index (χ1n) is 6.30. The second kappa shape index (κ2) is 6.49. The van der Waals surface area contributed by atoms with Crippen molar-refractivity contribution in [1.82, 2.24) is 0 Å². The molecule has 0 aliphatic carbocycles. The van der Waals surface area contributed by atoms with Crippen LogP contribution >= 0.6 is 0 Å². The van der Waals surface area contributed by atoms with Crippen molar-refractivity contribution in [2.45, 2.75) is 6.42 Å². The fourth-order valence-corrected chi connectivity index (χ4v) is 2.38. The van der Waals surface area contributed by atoms with Gasteiger partial charge in [-0.25, -0.2) is 0 Å². The normalized spacial score (nSPS) is 10.4. The number of hydrogen-bond acceptors (Lipinski definition) is 6. The summed E-state index contributed by atoms with van der Waals surface area (Å²) in [6.07, 6.45) is -0.452. The summed E-state index contributed by atoms with van der Waals surface area (Å²) in [5, 5.41) is 22.1. The van der Waals surface area contributed by atoms with Crippen LogP contribution in [0, 0.1) is 10.1 Å². The Labute approximate surface area is 151 Å². The average Bonchev–Trinajstić information content (AvgIpc) is 2.47. The molecule has 0 fully saturated rings. The number of nitrogens with zero attached hydrogens (tertiary/aromatic N) is 1. The standard InChI is InChI=1S/C15H9NO6.Na/c17-12(18)7-8-3-1-4-9-13(19)10-5-2-6-11(16(20)21)15(10)22-14(8)9;/h1-6H,7H2,(H,17,18);/q;+1/p-1. The zero-order valence-corrected chi connectivity index (χ0v) is 14.1. The zero-order chi connectivity index (χ0) is 15.9. The zero-order valence-electron chi connectivity index (χ0n) is 12.1. The second-order valence-corrected chi connectivity index (χ2v) is 4.68. The van der Waals surface area contributed by atoms with Crippen molar-refractivity contribution < 1.29 is 48.8 Å². The van der Waals surface area contributed by atoms with Crippen LogP contribution in [-0.2, 0) is 11.2 Å². The number of hydrogen-bond donors (Lipinski definition) is 0. The maximum Gasteiger partial charge on any atom is 1.00 e. The van der Waals surface area contributed by atoms with E-state index in [4.69, 9.17) is 4.42 Å². The van der Waals surface area contributed by atoms with Crippen molar-refractivity contribution >= 4 is 33.6 Å². The fraction of sp³-hybridized carbons (Fsp3) is 0.0667. The quantitative estimate of drug-likeness (QED) is 0.242. The topological polar surface area (TPSA) is 113 Å². The Kier molecular flexibility index (Phi) is 4.84. The first-order valence-corrected chi connectivity index (χ1v) is 6.30. The molecule has 2 aromatic carbocycles. The Morgan fingerprint density at radius 1 is 1.09 bits per heavy atom. The van der Waals surface area contributed by atoms with Gasteiger partial charge >= 0.3 is 35.2 Å². The summed E-state index contributed by atoms with van der Waals surface area (Å²) in [4.78, 5) is 33.7. The van der Waals surface area contributed by atoms with Gasteiger partial charge < -0.3 is 14.3 Å². The molecule has 0 unspecified atom stereocenters. The maximum atomic E-state index is 12.5. The number of carboxylic acids is 1. The molecule has 0 bridgehead atoms. The van der Waals surface area contributed by atoms with Gasteiger partial charge in [-0.15, -0.1) is 0 Å². The van der Waals surface area contributed by atoms with Gasteiger partial charge in [0.05, 0.1) is 15.7 Å². The minimum absolute atomic E-state index is 0. The number of benzene rings is 2. The second-order valence-electron chi connectivity index (χ2n) is 4.68. The molecule has 1 heterocycles. The Morgan fingerprint density at radius 3 is 2.30 bits per heavy atom. The first kappa shape index (κ1) is 17.1.